The predicted octanol–water partition coefficient (Wildman–Crippen LogP) is 2.72. The number of nitrogens with zero attached hydrogens (tertiary/aromatic N) is 3. The fourth-order valence-corrected chi connectivity index (χ4v) is 3.10. The van der Waals surface area contributed by atoms with E-state index in [1.807, 2.05) is 24.4 Å². The first kappa shape index (κ1) is 12.5. The van der Waals surface area contributed by atoms with Crippen molar-refractivity contribution in [3.8, 4) is 5.69 Å². The lowest BCUT2D eigenvalue weighted by Gasteiger charge is -2.12. The Kier molecular flexibility index (Phi) is 3.16. The SMILES string of the molecule is c1ccc(-n2c(CC3CCCN3)nc3cccnc32)cc1. The molecule has 2 aromatic heterocycles. The molecule has 1 aliphatic rings. The summed E-state index contributed by atoms with van der Waals surface area (Å²) in [5.74, 6) is 1.09. The van der Waals surface area contributed by atoms with Crippen LogP contribution < -0.4 is 5.32 Å². The minimum absolute atomic E-state index is 0.532. The monoisotopic (exact) mass is 278 g/mol. The number of fused-ring (bicyclic) bond motifs is 1. The van der Waals surface area contributed by atoms with Crippen LogP contribution in [0.3, 0.4) is 0 Å². The Bertz CT molecular complexity index is 742. The van der Waals surface area contributed by atoms with Crippen molar-refractivity contribution < 1.29 is 0 Å². The third-order valence-electron chi connectivity index (χ3n) is 4.09. The van der Waals surface area contributed by atoms with E-state index in [4.69, 9.17) is 4.98 Å². The summed E-state index contributed by atoms with van der Waals surface area (Å²) < 4.78 is 2.19. The summed E-state index contributed by atoms with van der Waals surface area (Å²) in [4.78, 5) is 9.35. The zero-order valence-corrected chi connectivity index (χ0v) is 11.9. The maximum absolute atomic E-state index is 4.81. The van der Waals surface area contributed by atoms with Crippen LogP contribution in [0, 0.1) is 0 Å². The molecule has 21 heavy (non-hydrogen) atoms. The van der Waals surface area contributed by atoms with Crippen LogP contribution in [0.1, 0.15) is 18.7 Å². The van der Waals surface area contributed by atoms with Crippen LogP contribution in [0.2, 0.25) is 0 Å². The van der Waals surface area contributed by atoms with Crippen molar-refractivity contribution >= 4 is 11.2 Å². The molecule has 0 saturated carbocycles. The van der Waals surface area contributed by atoms with Crippen molar-refractivity contribution in [2.24, 2.45) is 0 Å². The fraction of sp³-hybridized carbons (Fsp3) is 0.294. The molecule has 0 amide bonds. The molecule has 1 saturated heterocycles. The minimum Gasteiger partial charge on any atom is -0.314 e. The Morgan fingerprint density at radius 2 is 2.05 bits per heavy atom. The van der Waals surface area contributed by atoms with Gasteiger partial charge in [0.25, 0.3) is 0 Å². The largest absolute Gasteiger partial charge is 0.314 e. The Hall–Kier alpha value is -2.20. The number of hydrogen-bond donors (Lipinski definition) is 1. The van der Waals surface area contributed by atoms with Gasteiger partial charge in [0.05, 0.1) is 0 Å². The molecule has 1 aliphatic heterocycles. The summed E-state index contributed by atoms with van der Waals surface area (Å²) in [7, 11) is 0. The molecular formula is C17H18N4. The van der Waals surface area contributed by atoms with Gasteiger partial charge in [-0.25, -0.2) is 9.97 Å². The molecule has 3 heterocycles. The molecule has 0 bridgehead atoms. The molecular weight excluding hydrogens is 260 g/mol. The summed E-state index contributed by atoms with van der Waals surface area (Å²) in [6.07, 6.45) is 5.27. The van der Waals surface area contributed by atoms with Crippen LogP contribution in [-0.2, 0) is 6.42 Å². The van der Waals surface area contributed by atoms with E-state index in [1.165, 1.54) is 12.8 Å². The van der Waals surface area contributed by atoms with Crippen LogP contribution >= 0.6 is 0 Å². The zero-order chi connectivity index (χ0) is 14.1. The first-order valence-corrected chi connectivity index (χ1v) is 7.53. The normalized spacial score (nSPS) is 18.4. The van der Waals surface area contributed by atoms with Gasteiger partial charge in [-0.05, 0) is 43.7 Å². The lowest BCUT2D eigenvalue weighted by Crippen LogP contribution is -2.25. The van der Waals surface area contributed by atoms with Gasteiger partial charge in [0.15, 0.2) is 5.65 Å². The number of hydrogen-bond acceptors (Lipinski definition) is 3. The molecule has 1 fully saturated rings. The first-order chi connectivity index (χ1) is 10.4. The van der Waals surface area contributed by atoms with Gasteiger partial charge in [0.1, 0.15) is 11.3 Å². The molecule has 4 heteroatoms. The Morgan fingerprint density at radius 3 is 2.86 bits per heavy atom. The Labute approximate surface area is 123 Å². The van der Waals surface area contributed by atoms with Crippen molar-refractivity contribution in [1.82, 2.24) is 19.9 Å². The van der Waals surface area contributed by atoms with Crippen molar-refractivity contribution in [3.63, 3.8) is 0 Å². The highest BCUT2D eigenvalue weighted by atomic mass is 15.1. The third-order valence-corrected chi connectivity index (χ3v) is 4.09. The van der Waals surface area contributed by atoms with Crippen LogP contribution in [0.25, 0.3) is 16.9 Å². The van der Waals surface area contributed by atoms with Crippen LogP contribution in [0.15, 0.2) is 48.7 Å². The summed E-state index contributed by atoms with van der Waals surface area (Å²) in [6, 6.07) is 14.9. The van der Waals surface area contributed by atoms with Gasteiger partial charge >= 0.3 is 0 Å². The second-order valence-corrected chi connectivity index (χ2v) is 5.54. The molecule has 0 aliphatic carbocycles. The number of para-hydroxylation sites is 1. The molecule has 1 atom stereocenters. The van der Waals surface area contributed by atoms with E-state index in [0.717, 1.165) is 35.6 Å². The quantitative estimate of drug-likeness (QED) is 0.801. The molecule has 4 nitrogen and oxygen atoms in total. The minimum atomic E-state index is 0.532. The molecule has 1 aromatic carbocycles. The van der Waals surface area contributed by atoms with E-state index in [0.29, 0.717) is 6.04 Å². The number of aromatic nitrogens is 3. The topological polar surface area (TPSA) is 42.7 Å². The van der Waals surface area contributed by atoms with Crippen LogP contribution in [-0.4, -0.2) is 27.1 Å². The first-order valence-electron chi connectivity index (χ1n) is 7.53. The standard InChI is InChI=1S/C17H18N4/c1-2-7-14(8-3-1)21-16(12-13-6-4-10-18-13)20-15-9-5-11-19-17(15)21/h1-3,5,7-9,11,13,18H,4,6,10,12H2. The van der Waals surface area contributed by atoms with Crippen molar-refractivity contribution in [2.45, 2.75) is 25.3 Å². The van der Waals surface area contributed by atoms with E-state index in [-0.39, 0.29) is 0 Å². The number of nitrogens with one attached hydrogen (secondary N) is 1. The maximum atomic E-state index is 4.81. The molecule has 1 N–H and O–H groups in total. The van der Waals surface area contributed by atoms with Gasteiger partial charge in [-0.2, -0.15) is 0 Å². The summed E-state index contributed by atoms with van der Waals surface area (Å²) in [6.45, 7) is 1.12. The lowest BCUT2D eigenvalue weighted by molar-refractivity contribution is 0.582. The number of rotatable bonds is 3. The Balaban J connectivity index is 1.84. The Morgan fingerprint density at radius 1 is 1.14 bits per heavy atom. The van der Waals surface area contributed by atoms with Gasteiger partial charge in [-0.1, -0.05) is 18.2 Å². The van der Waals surface area contributed by atoms with Crippen LogP contribution in [0.4, 0.5) is 0 Å². The maximum Gasteiger partial charge on any atom is 0.164 e. The number of imidazole rings is 1. The summed E-state index contributed by atoms with van der Waals surface area (Å²) in [5.41, 5.74) is 3.04. The fourth-order valence-electron chi connectivity index (χ4n) is 3.10. The second-order valence-electron chi connectivity index (χ2n) is 5.54. The third kappa shape index (κ3) is 2.32. The molecule has 4 rings (SSSR count). The van der Waals surface area contributed by atoms with Gasteiger partial charge in [0, 0.05) is 24.3 Å². The number of pyridine rings is 1. The highest BCUT2D eigenvalue weighted by molar-refractivity contribution is 5.73. The van der Waals surface area contributed by atoms with E-state index in [1.54, 1.807) is 0 Å². The molecule has 106 valence electrons. The summed E-state index contributed by atoms with van der Waals surface area (Å²) >= 11 is 0. The van der Waals surface area contributed by atoms with E-state index < -0.39 is 0 Å². The van der Waals surface area contributed by atoms with Gasteiger partial charge in [0.2, 0.25) is 0 Å². The summed E-state index contributed by atoms with van der Waals surface area (Å²) in [5, 5.41) is 3.55. The van der Waals surface area contributed by atoms with Crippen molar-refractivity contribution in [2.75, 3.05) is 6.54 Å². The average Bonchev–Trinajstić information content (AvgIpc) is 3.15. The molecule has 0 radical (unpaired) electrons. The second kappa shape index (κ2) is 5.30. The van der Waals surface area contributed by atoms with E-state index in [2.05, 4.69) is 39.1 Å². The lowest BCUT2D eigenvalue weighted by atomic mass is 10.1. The van der Waals surface area contributed by atoms with Gasteiger partial charge in [-0.15, -0.1) is 0 Å². The van der Waals surface area contributed by atoms with E-state index in [9.17, 15) is 0 Å². The van der Waals surface area contributed by atoms with Gasteiger partial charge in [-0.3, -0.25) is 4.57 Å². The molecule has 0 spiro atoms. The van der Waals surface area contributed by atoms with Crippen LogP contribution in [0.5, 0.6) is 0 Å². The van der Waals surface area contributed by atoms with Crippen molar-refractivity contribution in [1.29, 1.82) is 0 Å². The smallest absolute Gasteiger partial charge is 0.164 e. The highest BCUT2D eigenvalue weighted by Gasteiger charge is 2.20. The molecule has 3 aromatic rings. The molecule has 1 unspecified atom stereocenters. The average molecular weight is 278 g/mol. The van der Waals surface area contributed by atoms with E-state index >= 15 is 0 Å². The zero-order valence-electron chi connectivity index (χ0n) is 11.9. The van der Waals surface area contributed by atoms with Gasteiger partial charge < -0.3 is 5.32 Å². The number of benzene rings is 1. The predicted molar refractivity (Wildman–Crippen MR) is 83.6 cm³/mol. The highest BCUT2D eigenvalue weighted by Crippen LogP contribution is 2.22. The van der Waals surface area contributed by atoms with Crippen molar-refractivity contribution in [3.05, 3.63) is 54.5 Å².